The number of carbonyl (C=O) groups is 1. The van der Waals surface area contributed by atoms with Crippen LogP contribution in [0, 0.1) is 0 Å². The topological polar surface area (TPSA) is 164 Å². The Bertz CT molecular complexity index is 221. The first-order chi connectivity index (χ1) is 6.54. The van der Waals surface area contributed by atoms with Gasteiger partial charge in [0, 0.05) is 6.42 Å². The van der Waals surface area contributed by atoms with Crippen molar-refractivity contribution in [2.45, 2.75) is 12.5 Å². The van der Waals surface area contributed by atoms with E-state index < -0.39 is 31.0 Å². The molecule has 8 nitrogen and oxygen atoms in total. The standard InChI is InChI=1S/C5H11NO3S.H3O4P/c1-10(9)3-2-4(6)5(7)8;1-5(2,3)4/h4H,2-3,6H2,1H3,(H,7,8);(H3,1,2,3,4). The molecule has 0 saturated heterocycles. The van der Waals surface area contributed by atoms with Gasteiger partial charge in [0.2, 0.25) is 0 Å². The quantitative estimate of drug-likeness (QED) is 0.294. The number of nitrogens with two attached hydrogens (primary N) is 1. The van der Waals surface area contributed by atoms with Crippen molar-refractivity contribution in [3.05, 3.63) is 0 Å². The first-order valence-corrected chi connectivity index (χ1v) is 6.90. The van der Waals surface area contributed by atoms with Gasteiger partial charge in [-0.15, -0.1) is 0 Å². The van der Waals surface area contributed by atoms with Crippen molar-refractivity contribution in [3.8, 4) is 0 Å². The Morgan fingerprint density at radius 3 is 2.07 bits per heavy atom. The Morgan fingerprint density at radius 1 is 1.53 bits per heavy atom. The van der Waals surface area contributed by atoms with Gasteiger partial charge in [0.05, 0.1) is 6.26 Å². The monoisotopic (exact) mass is 263 g/mol. The van der Waals surface area contributed by atoms with Crippen LogP contribution in [0.3, 0.4) is 0 Å². The molecule has 0 fully saturated rings. The lowest BCUT2D eigenvalue weighted by Gasteiger charge is -2.06. The van der Waals surface area contributed by atoms with Crippen LogP contribution in [0.25, 0.3) is 0 Å². The van der Waals surface area contributed by atoms with Crippen LogP contribution >= 0.6 is 7.82 Å². The van der Waals surface area contributed by atoms with Gasteiger partial charge in [0.1, 0.15) is 11.8 Å². The van der Waals surface area contributed by atoms with Crippen LogP contribution in [-0.4, -0.2) is 48.4 Å². The lowest BCUT2D eigenvalue weighted by Crippen LogP contribution is -2.32. The molecule has 0 aromatic rings. The first-order valence-electron chi connectivity index (χ1n) is 3.60. The minimum Gasteiger partial charge on any atom is -0.617 e. The molecule has 2 unspecified atom stereocenters. The highest BCUT2D eigenvalue weighted by Crippen LogP contribution is 2.25. The average Bonchev–Trinajstić information content (AvgIpc) is 1.96. The predicted octanol–water partition coefficient (Wildman–Crippen LogP) is -1.76. The SMILES string of the molecule is C[S+]([O-])CCC(N)C(=O)O.O=P(O)(O)O. The maximum Gasteiger partial charge on any atom is 0.466 e. The number of carboxylic acids is 1. The van der Waals surface area contributed by atoms with Crippen LogP contribution in [0.2, 0.25) is 0 Å². The third kappa shape index (κ3) is 24.8. The smallest absolute Gasteiger partial charge is 0.466 e. The van der Waals surface area contributed by atoms with E-state index in [0.29, 0.717) is 5.75 Å². The van der Waals surface area contributed by atoms with E-state index in [0.717, 1.165) is 0 Å². The molecular weight excluding hydrogens is 249 g/mol. The Kier molecular flexibility index (Phi) is 9.26. The van der Waals surface area contributed by atoms with Crippen molar-refractivity contribution in [3.63, 3.8) is 0 Å². The summed E-state index contributed by atoms with van der Waals surface area (Å²) in [4.78, 5) is 31.7. The van der Waals surface area contributed by atoms with E-state index in [4.69, 9.17) is 30.1 Å². The third-order valence-electron chi connectivity index (χ3n) is 1.03. The van der Waals surface area contributed by atoms with E-state index in [1.165, 1.54) is 6.26 Å². The number of hydrogen-bond acceptors (Lipinski definition) is 4. The summed E-state index contributed by atoms with van der Waals surface area (Å²) in [5.74, 6) is -0.682. The molecule has 0 aliphatic carbocycles. The van der Waals surface area contributed by atoms with Crippen LogP contribution in [-0.2, 0) is 20.5 Å². The van der Waals surface area contributed by atoms with E-state index in [1.54, 1.807) is 0 Å². The lowest BCUT2D eigenvalue weighted by atomic mass is 10.2. The molecule has 6 N–H and O–H groups in total. The fourth-order valence-electron chi connectivity index (χ4n) is 0.416. The average molecular weight is 263 g/mol. The van der Waals surface area contributed by atoms with Gasteiger partial charge in [0.15, 0.2) is 0 Å². The number of rotatable bonds is 4. The van der Waals surface area contributed by atoms with Gasteiger partial charge in [-0.3, -0.25) is 4.79 Å². The zero-order valence-corrected chi connectivity index (χ0v) is 9.65. The summed E-state index contributed by atoms with van der Waals surface area (Å²) in [6, 6.07) is -0.871. The Morgan fingerprint density at radius 2 is 1.87 bits per heavy atom. The molecular formula is C5H14NO7PS. The van der Waals surface area contributed by atoms with Crippen LogP contribution in [0.1, 0.15) is 6.42 Å². The summed E-state index contributed by atoms with van der Waals surface area (Å²) in [6.45, 7) is 0. The van der Waals surface area contributed by atoms with Crippen molar-refractivity contribution in [2.75, 3.05) is 12.0 Å². The number of aliphatic carboxylic acids is 1. The summed E-state index contributed by atoms with van der Waals surface area (Å²) in [5, 5.41) is 8.27. The van der Waals surface area contributed by atoms with Gasteiger partial charge in [-0.1, -0.05) is 11.2 Å². The lowest BCUT2D eigenvalue weighted by molar-refractivity contribution is -0.138. The fraction of sp³-hybridized carbons (Fsp3) is 0.800. The van der Waals surface area contributed by atoms with Gasteiger partial charge < -0.3 is 30.1 Å². The molecule has 2 atom stereocenters. The second-order valence-electron chi connectivity index (χ2n) is 2.52. The van der Waals surface area contributed by atoms with Gasteiger partial charge in [-0.2, -0.15) is 0 Å². The van der Waals surface area contributed by atoms with Crippen molar-refractivity contribution in [1.82, 2.24) is 0 Å². The molecule has 0 aliphatic heterocycles. The summed E-state index contributed by atoms with van der Waals surface area (Å²) < 4.78 is 19.3. The van der Waals surface area contributed by atoms with Gasteiger partial charge >= 0.3 is 13.8 Å². The minimum atomic E-state index is -4.64. The second kappa shape index (κ2) is 8.05. The zero-order valence-electron chi connectivity index (χ0n) is 7.94. The van der Waals surface area contributed by atoms with E-state index in [1.807, 2.05) is 0 Å². The molecule has 0 amide bonds. The highest BCUT2D eigenvalue weighted by molar-refractivity contribution is 7.90. The molecule has 15 heavy (non-hydrogen) atoms. The van der Waals surface area contributed by atoms with E-state index >= 15 is 0 Å². The van der Waals surface area contributed by atoms with E-state index in [9.17, 15) is 9.35 Å². The first kappa shape index (κ1) is 17.3. The van der Waals surface area contributed by atoms with Crippen LogP contribution in [0.15, 0.2) is 0 Å². The van der Waals surface area contributed by atoms with Crippen molar-refractivity contribution < 1.29 is 33.7 Å². The number of carboxylic acid groups (broad SMARTS) is 1. The Balaban J connectivity index is 0. The van der Waals surface area contributed by atoms with Crippen molar-refractivity contribution in [1.29, 1.82) is 0 Å². The summed E-state index contributed by atoms with van der Waals surface area (Å²) >= 11 is -0.946. The minimum absolute atomic E-state index is 0.276. The highest BCUT2D eigenvalue weighted by atomic mass is 32.2. The predicted molar refractivity (Wildman–Crippen MR) is 53.4 cm³/mol. The highest BCUT2D eigenvalue weighted by Gasteiger charge is 2.12. The van der Waals surface area contributed by atoms with Crippen LogP contribution in [0.5, 0.6) is 0 Å². The maximum atomic E-state index is 10.4. The molecule has 0 spiro atoms. The summed E-state index contributed by atoms with van der Waals surface area (Å²) in [6.07, 6.45) is 1.80. The Labute approximate surface area is 89.5 Å². The summed E-state index contributed by atoms with van der Waals surface area (Å²) in [5.41, 5.74) is 5.13. The number of phosphoric acid groups is 1. The third-order valence-corrected chi connectivity index (χ3v) is 1.84. The zero-order chi connectivity index (χ0) is 12.6. The van der Waals surface area contributed by atoms with Gasteiger partial charge in [0.25, 0.3) is 0 Å². The largest absolute Gasteiger partial charge is 0.617 e. The van der Waals surface area contributed by atoms with Crippen LogP contribution in [0.4, 0.5) is 0 Å². The van der Waals surface area contributed by atoms with Gasteiger partial charge in [-0.05, 0) is 0 Å². The molecule has 0 rings (SSSR count). The molecule has 10 heteroatoms. The van der Waals surface area contributed by atoms with E-state index in [2.05, 4.69) is 0 Å². The van der Waals surface area contributed by atoms with Gasteiger partial charge in [-0.25, -0.2) is 4.57 Å². The maximum absolute atomic E-state index is 10.4. The molecule has 0 bridgehead atoms. The molecule has 0 heterocycles. The fourth-order valence-corrected chi connectivity index (χ4v) is 1.00. The molecule has 0 radical (unpaired) electrons. The normalized spacial score (nSPS) is 14.8. The Hall–Kier alpha value is -0.150. The second-order valence-corrected chi connectivity index (χ2v) is 5.11. The molecule has 92 valence electrons. The molecule has 0 aliphatic rings. The van der Waals surface area contributed by atoms with Crippen LogP contribution < -0.4 is 5.73 Å². The number of hydrogen-bond donors (Lipinski definition) is 5. The molecule has 0 aromatic heterocycles. The van der Waals surface area contributed by atoms with E-state index in [-0.39, 0.29) is 6.42 Å². The summed E-state index contributed by atoms with van der Waals surface area (Å²) in [7, 11) is -4.64. The van der Waals surface area contributed by atoms with Crippen molar-refractivity contribution in [2.24, 2.45) is 5.73 Å². The molecule has 0 saturated carbocycles. The van der Waals surface area contributed by atoms with Crippen molar-refractivity contribution >= 4 is 25.0 Å². The molecule has 0 aromatic carbocycles.